The van der Waals surface area contributed by atoms with Gasteiger partial charge in [0.25, 0.3) is 5.91 Å². The van der Waals surface area contributed by atoms with E-state index in [0.29, 0.717) is 30.9 Å². The fraction of sp³-hybridized carbons (Fsp3) is 0.400. The summed E-state index contributed by atoms with van der Waals surface area (Å²) in [4.78, 5) is 25.4. The number of carbonyl (C=O) groups is 2. The molecule has 1 unspecified atom stereocenters. The van der Waals surface area contributed by atoms with Gasteiger partial charge in [-0.05, 0) is 42.3 Å². The molecule has 1 aromatic carbocycles. The van der Waals surface area contributed by atoms with E-state index in [9.17, 15) is 9.59 Å². The summed E-state index contributed by atoms with van der Waals surface area (Å²) in [6.45, 7) is 4.81. The van der Waals surface area contributed by atoms with Crippen molar-refractivity contribution in [1.29, 1.82) is 0 Å². The Kier molecular flexibility index (Phi) is 7.67. The molecule has 0 spiro atoms. The highest BCUT2D eigenvalue weighted by molar-refractivity contribution is 7.10. The highest BCUT2D eigenvalue weighted by atomic mass is 32.1. The lowest BCUT2D eigenvalue weighted by molar-refractivity contribution is -0.122. The van der Waals surface area contributed by atoms with Crippen LogP contribution in [0.1, 0.15) is 54.4 Å². The molecular formula is C20H26N2O2S. The molecule has 2 rings (SSSR count). The van der Waals surface area contributed by atoms with Gasteiger partial charge in [-0.1, -0.05) is 38.1 Å². The van der Waals surface area contributed by atoms with Crippen molar-refractivity contribution in [3.8, 4) is 0 Å². The van der Waals surface area contributed by atoms with Gasteiger partial charge in [0.2, 0.25) is 5.91 Å². The predicted molar refractivity (Wildman–Crippen MR) is 103 cm³/mol. The summed E-state index contributed by atoms with van der Waals surface area (Å²) in [6, 6.07) is 13.3. The zero-order valence-electron chi connectivity index (χ0n) is 14.8. The van der Waals surface area contributed by atoms with Crippen LogP contribution in [0, 0.1) is 5.92 Å². The van der Waals surface area contributed by atoms with Crippen molar-refractivity contribution in [2.24, 2.45) is 5.92 Å². The Morgan fingerprint density at radius 2 is 1.84 bits per heavy atom. The van der Waals surface area contributed by atoms with Crippen LogP contribution in [0.15, 0.2) is 47.8 Å². The van der Waals surface area contributed by atoms with Gasteiger partial charge < -0.3 is 10.6 Å². The van der Waals surface area contributed by atoms with Gasteiger partial charge in [-0.15, -0.1) is 11.3 Å². The molecule has 4 nitrogen and oxygen atoms in total. The van der Waals surface area contributed by atoms with E-state index in [0.717, 1.165) is 6.42 Å². The molecule has 2 aromatic rings. The Hall–Kier alpha value is -2.14. The minimum Gasteiger partial charge on any atom is -0.352 e. The van der Waals surface area contributed by atoms with E-state index < -0.39 is 0 Å². The number of hydrogen-bond donors (Lipinski definition) is 2. The number of thiophene rings is 1. The molecule has 0 saturated heterocycles. The third kappa shape index (κ3) is 6.70. The molecule has 0 aliphatic rings. The highest BCUT2D eigenvalue weighted by Gasteiger charge is 2.16. The van der Waals surface area contributed by atoms with Crippen LogP contribution in [0.4, 0.5) is 0 Å². The van der Waals surface area contributed by atoms with E-state index in [-0.39, 0.29) is 17.9 Å². The monoisotopic (exact) mass is 358 g/mol. The molecule has 0 bridgehead atoms. The molecule has 0 saturated carbocycles. The van der Waals surface area contributed by atoms with Gasteiger partial charge in [-0.2, -0.15) is 0 Å². The van der Waals surface area contributed by atoms with Gasteiger partial charge in [0.15, 0.2) is 0 Å². The quantitative estimate of drug-likeness (QED) is 0.661. The van der Waals surface area contributed by atoms with E-state index in [4.69, 9.17) is 0 Å². The van der Waals surface area contributed by atoms with Crippen LogP contribution >= 0.6 is 11.3 Å². The first kappa shape index (κ1) is 19.2. The average Bonchev–Trinajstić information content (AvgIpc) is 3.13. The number of benzene rings is 1. The number of carbonyl (C=O) groups excluding carboxylic acids is 2. The minimum absolute atomic E-state index is 0.0352. The molecule has 2 N–H and O–H groups in total. The van der Waals surface area contributed by atoms with E-state index in [1.54, 1.807) is 23.5 Å². The van der Waals surface area contributed by atoms with Crippen molar-refractivity contribution < 1.29 is 9.59 Å². The molecule has 5 heteroatoms. The van der Waals surface area contributed by atoms with Gasteiger partial charge >= 0.3 is 0 Å². The molecule has 0 radical (unpaired) electrons. The summed E-state index contributed by atoms with van der Waals surface area (Å²) in [7, 11) is 0. The van der Waals surface area contributed by atoms with Crippen LogP contribution in [-0.2, 0) is 4.79 Å². The summed E-state index contributed by atoms with van der Waals surface area (Å²) in [6.07, 6.45) is 1.97. The fourth-order valence-electron chi connectivity index (χ4n) is 2.62. The smallest absolute Gasteiger partial charge is 0.251 e. The Morgan fingerprint density at radius 1 is 1.08 bits per heavy atom. The van der Waals surface area contributed by atoms with Crippen molar-refractivity contribution in [3.05, 3.63) is 58.3 Å². The van der Waals surface area contributed by atoms with Gasteiger partial charge in [0.1, 0.15) is 0 Å². The molecule has 2 amide bonds. The third-order valence-corrected chi connectivity index (χ3v) is 4.82. The van der Waals surface area contributed by atoms with Crippen LogP contribution in [0.2, 0.25) is 0 Å². The first-order chi connectivity index (χ1) is 12.1. The SMILES string of the molecule is CC(C)CC(NC(=O)CCCNC(=O)c1ccccc1)c1cccs1. The molecule has 25 heavy (non-hydrogen) atoms. The van der Waals surface area contributed by atoms with Gasteiger partial charge in [-0.25, -0.2) is 0 Å². The summed E-state index contributed by atoms with van der Waals surface area (Å²) in [5.41, 5.74) is 0.640. The van der Waals surface area contributed by atoms with E-state index >= 15 is 0 Å². The average molecular weight is 359 g/mol. The lowest BCUT2D eigenvalue weighted by atomic mass is 10.0. The van der Waals surface area contributed by atoms with Crippen molar-refractivity contribution in [2.75, 3.05) is 6.54 Å². The van der Waals surface area contributed by atoms with Crippen LogP contribution in [0.5, 0.6) is 0 Å². The second-order valence-electron chi connectivity index (χ2n) is 6.49. The minimum atomic E-state index is -0.0997. The molecule has 0 aliphatic heterocycles. The number of rotatable bonds is 9. The number of nitrogens with one attached hydrogen (secondary N) is 2. The van der Waals surface area contributed by atoms with Crippen LogP contribution in [-0.4, -0.2) is 18.4 Å². The van der Waals surface area contributed by atoms with E-state index in [1.165, 1.54) is 4.88 Å². The zero-order valence-corrected chi connectivity index (χ0v) is 15.6. The van der Waals surface area contributed by atoms with Crippen molar-refractivity contribution in [3.63, 3.8) is 0 Å². The zero-order chi connectivity index (χ0) is 18.1. The predicted octanol–water partition coefficient (Wildman–Crippen LogP) is 4.16. The second kappa shape index (κ2) is 9.99. The molecule has 1 heterocycles. The van der Waals surface area contributed by atoms with Crippen LogP contribution in [0.3, 0.4) is 0 Å². The number of amides is 2. The van der Waals surface area contributed by atoms with Crippen molar-refractivity contribution in [1.82, 2.24) is 10.6 Å². The standard InChI is InChI=1S/C20H26N2O2S/c1-15(2)14-17(18-10-7-13-25-18)22-19(23)11-6-12-21-20(24)16-8-4-3-5-9-16/h3-5,7-10,13,15,17H,6,11-12,14H2,1-2H3,(H,21,24)(H,22,23). The highest BCUT2D eigenvalue weighted by Crippen LogP contribution is 2.25. The summed E-state index contributed by atoms with van der Waals surface area (Å²) >= 11 is 1.67. The van der Waals surface area contributed by atoms with E-state index in [1.807, 2.05) is 29.6 Å². The first-order valence-corrected chi connectivity index (χ1v) is 9.60. The Morgan fingerprint density at radius 3 is 2.48 bits per heavy atom. The molecule has 1 atom stereocenters. The molecule has 0 aliphatic carbocycles. The summed E-state index contributed by atoms with van der Waals surface area (Å²) < 4.78 is 0. The summed E-state index contributed by atoms with van der Waals surface area (Å²) in [5, 5.41) is 8.02. The van der Waals surface area contributed by atoms with Gasteiger partial charge in [-0.3, -0.25) is 9.59 Å². The maximum atomic E-state index is 12.2. The van der Waals surface area contributed by atoms with Crippen LogP contribution in [0.25, 0.3) is 0 Å². The fourth-order valence-corrected chi connectivity index (χ4v) is 3.41. The normalized spacial score (nSPS) is 12.0. The molecule has 134 valence electrons. The lowest BCUT2D eigenvalue weighted by Crippen LogP contribution is -2.30. The third-order valence-electron chi connectivity index (χ3n) is 3.83. The Balaban J connectivity index is 1.73. The van der Waals surface area contributed by atoms with E-state index in [2.05, 4.69) is 30.5 Å². The van der Waals surface area contributed by atoms with Crippen molar-refractivity contribution >= 4 is 23.2 Å². The van der Waals surface area contributed by atoms with Crippen molar-refractivity contribution in [2.45, 2.75) is 39.2 Å². The number of hydrogen-bond acceptors (Lipinski definition) is 3. The van der Waals surface area contributed by atoms with Gasteiger partial charge in [0, 0.05) is 23.4 Å². The lowest BCUT2D eigenvalue weighted by Gasteiger charge is -2.19. The Bertz CT molecular complexity index is 654. The maximum Gasteiger partial charge on any atom is 0.251 e. The molecular weight excluding hydrogens is 332 g/mol. The molecule has 0 fully saturated rings. The summed E-state index contributed by atoms with van der Waals surface area (Å²) in [5.74, 6) is 0.447. The maximum absolute atomic E-state index is 12.2. The molecule has 1 aromatic heterocycles. The van der Waals surface area contributed by atoms with Crippen LogP contribution < -0.4 is 10.6 Å². The second-order valence-corrected chi connectivity index (χ2v) is 7.47. The topological polar surface area (TPSA) is 58.2 Å². The Labute approximate surface area is 153 Å². The first-order valence-electron chi connectivity index (χ1n) is 8.72. The largest absolute Gasteiger partial charge is 0.352 e. The van der Waals surface area contributed by atoms with Gasteiger partial charge in [0.05, 0.1) is 6.04 Å².